The van der Waals surface area contributed by atoms with Crippen LogP contribution >= 0.6 is 0 Å². The molecule has 0 fully saturated rings. The second-order valence-corrected chi connectivity index (χ2v) is 24.7. The summed E-state index contributed by atoms with van der Waals surface area (Å²) in [6.07, 6.45) is 0. The fourth-order valence-electron chi connectivity index (χ4n) is 10.9. The van der Waals surface area contributed by atoms with Gasteiger partial charge in [-0.3, -0.25) is 9.13 Å². The third-order valence-electron chi connectivity index (χ3n) is 15.1. The van der Waals surface area contributed by atoms with Gasteiger partial charge in [-0.1, -0.05) is 180 Å². The van der Waals surface area contributed by atoms with Gasteiger partial charge in [0.05, 0.1) is 44.4 Å². The van der Waals surface area contributed by atoms with E-state index in [4.69, 9.17) is 14.4 Å². The smallest absolute Gasteiger partial charge is 0.149 e. The highest BCUT2D eigenvalue weighted by Crippen LogP contribution is 2.47. The van der Waals surface area contributed by atoms with Crippen LogP contribution in [0.5, 0.6) is 5.75 Å². The fraction of sp³-hybridized carbons (Fsp3) is 0.265. The molecule has 11 aromatic rings. The summed E-state index contributed by atoms with van der Waals surface area (Å²) < 4.78 is 11.2. The highest BCUT2D eigenvalue weighted by atomic mass is 16.3. The van der Waals surface area contributed by atoms with E-state index in [0.29, 0.717) is 11.4 Å². The Bertz CT molecular complexity index is 4000. The molecule has 0 bridgehead atoms. The van der Waals surface area contributed by atoms with Crippen LogP contribution in [0.15, 0.2) is 156 Å². The number of imidazole rings is 2. The van der Waals surface area contributed by atoms with Gasteiger partial charge in [-0.25, -0.2) is 9.97 Å². The molecule has 0 aliphatic carbocycles. The molecule has 0 unspecified atom stereocenters. The molecule has 0 saturated carbocycles. The Labute approximate surface area is 436 Å². The zero-order valence-electron chi connectivity index (χ0n) is 45.6. The number of para-hydroxylation sites is 3. The second-order valence-electron chi connectivity index (χ2n) is 24.7. The summed E-state index contributed by atoms with van der Waals surface area (Å²) in [5.74, 6) is 1.78. The predicted octanol–water partition coefficient (Wildman–Crippen LogP) is 18.4. The van der Waals surface area contributed by atoms with Crippen LogP contribution in [0.3, 0.4) is 0 Å². The van der Waals surface area contributed by atoms with Crippen LogP contribution in [-0.2, 0) is 21.7 Å². The van der Waals surface area contributed by atoms with E-state index in [0.717, 1.165) is 111 Å². The summed E-state index contributed by atoms with van der Waals surface area (Å²) >= 11 is 0. The summed E-state index contributed by atoms with van der Waals surface area (Å²) in [5.41, 5.74) is 19.3. The highest BCUT2D eigenvalue weighted by molar-refractivity contribution is 6.18. The number of aromatic hydroxyl groups is 1. The van der Waals surface area contributed by atoms with Gasteiger partial charge in [0.15, 0.2) is 0 Å². The number of fused-ring (bicyclic) bond motifs is 6. The molecule has 6 nitrogen and oxygen atoms in total. The molecule has 8 aromatic carbocycles. The number of phenolic OH excluding ortho intramolecular Hbond substituents is 1. The Morgan fingerprint density at radius 1 is 0.459 bits per heavy atom. The third kappa shape index (κ3) is 8.20. The minimum absolute atomic E-state index is 0.0947. The van der Waals surface area contributed by atoms with Gasteiger partial charge < -0.3 is 9.52 Å². The molecule has 0 saturated heterocycles. The average Bonchev–Trinajstić information content (AvgIpc) is 4.06. The van der Waals surface area contributed by atoms with E-state index in [1.165, 1.54) is 11.1 Å². The lowest BCUT2D eigenvalue weighted by Gasteiger charge is -2.28. The van der Waals surface area contributed by atoms with Crippen LogP contribution in [0.25, 0.3) is 100 Å². The van der Waals surface area contributed by atoms with E-state index in [9.17, 15) is 5.11 Å². The fourth-order valence-corrected chi connectivity index (χ4v) is 10.9. The molecule has 0 radical (unpaired) electrons. The van der Waals surface area contributed by atoms with Gasteiger partial charge in [-0.2, -0.15) is 0 Å². The van der Waals surface area contributed by atoms with Crippen molar-refractivity contribution in [3.8, 4) is 62.2 Å². The van der Waals surface area contributed by atoms with Crippen LogP contribution in [0.1, 0.15) is 116 Å². The molecule has 0 amide bonds. The monoisotopic (exact) mass is 973 g/mol. The van der Waals surface area contributed by atoms with Gasteiger partial charge >= 0.3 is 0 Å². The number of hydrogen-bond acceptors (Lipinski definition) is 4. The van der Waals surface area contributed by atoms with Crippen LogP contribution in [0.2, 0.25) is 0 Å². The van der Waals surface area contributed by atoms with Crippen molar-refractivity contribution < 1.29 is 9.52 Å². The normalized spacial score (nSPS) is 12.8. The Balaban J connectivity index is 1.25. The van der Waals surface area contributed by atoms with Gasteiger partial charge in [-0.05, 0) is 129 Å². The van der Waals surface area contributed by atoms with Crippen LogP contribution in [-0.4, -0.2) is 24.2 Å². The van der Waals surface area contributed by atoms with Gasteiger partial charge in [-0.15, -0.1) is 0 Å². The molecule has 0 aliphatic rings. The molecular formula is C68H68N4O2. The Morgan fingerprint density at radius 2 is 1.09 bits per heavy atom. The first-order valence-corrected chi connectivity index (χ1v) is 26.1. The second kappa shape index (κ2) is 17.2. The number of rotatable bonds is 6. The van der Waals surface area contributed by atoms with Crippen molar-refractivity contribution in [1.29, 1.82) is 0 Å². The minimum Gasteiger partial charge on any atom is -0.507 e. The highest BCUT2D eigenvalue weighted by Gasteiger charge is 2.31. The molecular weight excluding hydrogens is 905 g/mol. The minimum atomic E-state index is -0.348. The van der Waals surface area contributed by atoms with E-state index in [1.54, 1.807) is 0 Å². The maximum Gasteiger partial charge on any atom is 0.149 e. The number of furan rings is 1. The first-order chi connectivity index (χ1) is 35.0. The molecule has 3 heterocycles. The van der Waals surface area contributed by atoms with Gasteiger partial charge in [0.2, 0.25) is 0 Å². The van der Waals surface area contributed by atoms with E-state index < -0.39 is 0 Å². The SMILES string of the molecule is Cc1cccc(C)c1-n1c(-c2cc(-c3cccc4c3nc(-c3cc(C(C)(C)C)cc(C(C)(C)C)c3O)n4-c3ccc(C(C)(C)C)cc3-c3ccccc3)cc(C(C)(C)C)c2)nc2ccc3oc4ccccc4c3c21. The topological polar surface area (TPSA) is 69.0 Å². The molecule has 372 valence electrons. The first-order valence-electron chi connectivity index (χ1n) is 26.1. The van der Waals surface area contributed by atoms with Gasteiger partial charge in [0.25, 0.3) is 0 Å². The number of hydrogen-bond donors (Lipinski definition) is 1. The summed E-state index contributed by atoms with van der Waals surface area (Å²) in [7, 11) is 0. The van der Waals surface area contributed by atoms with Crippen molar-refractivity contribution in [2.75, 3.05) is 0 Å². The molecule has 0 atom stereocenters. The molecule has 1 N–H and O–H groups in total. The van der Waals surface area contributed by atoms with Crippen molar-refractivity contribution in [3.05, 3.63) is 185 Å². The van der Waals surface area contributed by atoms with Crippen molar-refractivity contribution >= 4 is 44.0 Å². The number of benzene rings is 8. The molecule has 0 aliphatic heterocycles. The number of nitrogens with zero attached hydrogens (tertiary/aromatic N) is 4. The Kier molecular flexibility index (Phi) is 11.3. The lowest BCUT2D eigenvalue weighted by molar-refractivity contribution is 0.446. The number of aryl methyl sites for hydroxylation is 2. The lowest BCUT2D eigenvalue weighted by Crippen LogP contribution is -2.17. The van der Waals surface area contributed by atoms with Gasteiger partial charge in [0.1, 0.15) is 28.6 Å². The molecule has 3 aromatic heterocycles. The largest absolute Gasteiger partial charge is 0.507 e. The summed E-state index contributed by atoms with van der Waals surface area (Å²) in [6.45, 7) is 31.3. The Hall–Kier alpha value is -7.70. The number of phenols is 1. The number of aromatic nitrogens is 4. The van der Waals surface area contributed by atoms with E-state index in [2.05, 4.69) is 246 Å². The van der Waals surface area contributed by atoms with Gasteiger partial charge in [0, 0.05) is 27.6 Å². The predicted molar refractivity (Wildman–Crippen MR) is 311 cm³/mol. The Morgan fingerprint density at radius 3 is 1.78 bits per heavy atom. The van der Waals surface area contributed by atoms with Crippen LogP contribution < -0.4 is 0 Å². The van der Waals surface area contributed by atoms with Crippen molar-refractivity contribution in [1.82, 2.24) is 19.1 Å². The van der Waals surface area contributed by atoms with Crippen LogP contribution in [0.4, 0.5) is 0 Å². The van der Waals surface area contributed by atoms with Crippen molar-refractivity contribution in [2.45, 2.75) is 119 Å². The molecule has 0 spiro atoms. The quantitative estimate of drug-likeness (QED) is 0.180. The lowest BCUT2D eigenvalue weighted by atomic mass is 9.79. The van der Waals surface area contributed by atoms with Crippen molar-refractivity contribution in [3.63, 3.8) is 0 Å². The maximum absolute atomic E-state index is 12.7. The standard InChI is InChI=1S/C68H68N4O2/c1-40-22-20-23-41(2)60(40)72-61-53(31-33-57-58(61)49-26-18-19-29-56(49)74-57)69-63(72)44-34-43(35-46(36-44)66(6,7)8)48-27-21-28-55-59(48)70-64(51-38-47(67(9,10)11)39-52(62(51)73)68(12,13)14)71(55)54-32-30-45(65(3,4)5)37-50(54)42-24-16-15-17-25-42/h15-39,73H,1-14H3. The van der Waals surface area contributed by atoms with Crippen LogP contribution in [0, 0.1) is 13.8 Å². The zero-order valence-corrected chi connectivity index (χ0v) is 45.6. The zero-order chi connectivity index (χ0) is 52.4. The average molecular weight is 973 g/mol. The third-order valence-corrected chi connectivity index (χ3v) is 15.1. The summed E-state index contributed by atoms with van der Waals surface area (Å²) in [6, 6.07) is 54.4. The first kappa shape index (κ1) is 48.6. The van der Waals surface area contributed by atoms with E-state index in [1.807, 2.05) is 12.1 Å². The summed E-state index contributed by atoms with van der Waals surface area (Å²) in [4.78, 5) is 11.4. The molecule has 11 rings (SSSR count). The molecule has 6 heteroatoms. The summed E-state index contributed by atoms with van der Waals surface area (Å²) in [5, 5.41) is 14.8. The molecule has 74 heavy (non-hydrogen) atoms. The van der Waals surface area contributed by atoms with E-state index >= 15 is 0 Å². The maximum atomic E-state index is 12.7. The van der Waals surface area contributed by atoms with E-state index in [-0.39, 0.29) is 27.4 Å². The van der Waals surface area contributed by atoms with Crippen molar-refractivity contribution in [2.24, 2.45) is 0 Å².